The highest BCUT2D eigenvalue weighted by molar-refractivity contribution is 6.31. The highest BCUT2D eigenvalue weighted by atomic mass is 35.5. The van der Waals surface area contributed by atoms with E-state index in [1.165, 1.54) is 0 Å². The SMILES string of the molecule is CC.Cc1ccc(Oc2ccc(C#N)cc2)c([C@H]2NC(=O)CC[C@]23C(=O)Nc2cc(Cl)ccc23)c1.Clc1ccccc1. The van der Waals surface area contributed by atoms with E-state index in [1.54, 1.807) is 36.4 Å². The van der Waals surface area contributed by atoms with Gasteiger partial charge in [-0.05, 0) is 73.5 Å². The third-order valence-corrected chi connectivity index (χ3v) is 7.57. The van der Waals surface area contributed by atoms with Crippen LogP contribution in [0.3, 0.4) is 0 Å². The maximum atomic E-state index is 13.5. The Morgan fingerprint density at radius 3 is 2.26 bits per heavy atom. The molecule has 6 rings (SSSR count). The number of rotatable bonds is 3. The van der Waals surface area contributed by atoms with E-state index < -0.39 is 11.5 Å². The lowest BCUT2D eigenvalue weighted by Crippen LogP contribution is -2.52. The highest BCUT2D eigenvalue weighted by Crippen LogP contribution is 2.53. The Balaban J connectivity index is 0.000000390. The second-order valence-electron chi connectivity index (χ2n) is 9.69. The number of hydrogen-bond donors (Lipinski definition) is 2. The van der Waals surface area contributed by atoms with E-state index >= 15 is 0 Å². The maximum absolute atomic E-state index is 13.5. The largest absolute Gasteiger partial charge is 0.457 e. The molecule has 1 fully saturated rings. The summed E-state index contributed by atoms with van der Waals surface area (Å²) in [4.78, 5) is 26.0. The van der Waals surface area contributed by atoms with Crippen LogP contribution >= 0.6 is 23.2 Å². The third-order valence-electron chi connectivity index (χ3n) is 7.08. The van der Waals surface area contributed by atoms with Crippen molar-refractivity contribution >= 4 is 40.7 Å². The molecule has 0 bridgehead atoms. The van der Waals surface area contributed by atoms with Crippen molar-refractivity contribution in [1.29, 1.82) is 5.26 Å². The zero-order chi connectivity index (χ0) is 30.3. The Morgan fingerprint density at radius 1 is 0.905 bits per heavy atom. The van der Waals surface area contributed by atoms with Gasteiger partial charge in [-0.15, -0.1) is 0 Å². The van der Waals surface area contributed by atoms with Crippen LogP contribution in [0.25, 0.3) is 0 Å². The van der Waals surface area contributed by atoms with Gasteiger partial charge in [0.1, 0.15) is 16.9 Å². The quantitative estimate of drug-likeness (QED) is 0.247. The van der Waals surface area contributed by atoms with E-state index in [9.17, 15) is 9.59 Å². The zero-order valence-corrected chi connectivity index (χ0v) is 25.1. The van der Waals surface area contributed by atoms with Crippen LogP contribution in [0, 0.1) is 18.3 Å². The topological polar surface area (TPSA) is 91.2 Å². The molecule has 1 spiro atoms. The maximum Gasteiger partial charge on any atom is 0.237 e. The van der Waals surface area contributed by atoms with Gasteiger partial charge in [-0.3, -0.25) is 9.59 Å². The average Bonchev–Trinajstić information content (AvgIpc) is 3.27. The van der Waals surface area contributed by atoms with Crippen molar-refractivity contribution < 1.29 is 14.3 Å². The Kier molecular flexibility index (Phi) is 9.90. The van der Waals surface area contributed by atoms with Gasteiger partial charge in [-0.2, -0.15) is 5.26 Å². The van der Waals surface area contributed by atoms with E-state index in [4.69, 9.17) is 33.2 Å². The molecule has 2 heterocycles. The van der Waals surface area contributed by atoms with Gasteiger partial charge in [-0.25, -0.2) is 0 Å². The summed E-state index contributed by atoms with van der Waals surface area (Å²) in [5.41, 5.74) is 2.71. The predicted molar refractivity (Wildman–Crippen MR) is 167 cm³/mol. The second-order valence-corrected chi connectivity index (χ2v) is 10.6. The molecule has 2 aliphatic heterocycles. The molecule has 6 nitrogen and oxygen atoms in total. The first kappa shape index (κ1) is 30.6. The molecule has 42 heavy (non-hydrogen) atoms. The van der Waals surface area contributed by atoms with Gasteiger partial charge in [0.05, 0.1) is 17.7 Å². The number of benzene rings is 4. The third kappa shape index (κ3) is 6.44. The summed E-state index contributed by atoms with van der Waals surface area (Å²) in [5.74, 6) is 0.799. The number of nitrogens with one attached hydrogen (secondary N) is 2. The number of piperidine rings is 1. The minimum Gasteiger partial charge on any atom is -0.457 e. The van der Waals surface area contributed by atoms with Crippen LogP contribution in [0.1, 0.15) is 55.0 Å². The van der Waals surface area contributed by atoms with Crippen LogP contribution in [0.4, 0.5) is 5.69 Å². The fourth-order valence-electron chi connectivity index (χ4n) is 5.18. The molecule has 0 aromatic heterocycles. The smallest absolute Gasteiger partial charge is 0.237 e. The molecule has 214 valence electrons. The van der Waals surface area contributed by atoms with Crippen molar-refractivity contribution in [2.75, 3.05) is 5.32 Å². The number of carbonyl (C=O) groups excluding carboxylic acids is 2. The van der Waals surface area contributed by atoms with Crippen molar-refractivity contribution in [3.63, 3.8) is 0 Å². The number of carbonyl (C=O) groups is 2. The number of anilines is 1. The monoisotopic (exact) mass is 599 g/mol. The highest BCUT2D eigenvalue weighted by Gasteiger charge is 2.56. The first-order chi connectivity index (χ1) is 20.3. The van der Waals surface area contributed by atoms with E-state index in [0.717, 1.165) is 16.1 Å². The van der Waals surface area contributed by atoms with E-state index in [0.29, 0.717) is 39.8 Å². The molecule has 2 N–H and O–H groups in total. The van der Waals surface area contributed by atoms with E-state index in [2.05, 4.69) is 16.7 Å². The molecule has 4 aromatic rings. The molecule has 1 saturated heterocycles. The minimum absolute atomic E-state index is 0.119. The van der Waals surface area contributed by atoms with Gasteiger partial charge >= 0.3 is 0 Å². The fourth-order valence-corrected chi connectivity index (χ4v) is 5.50. The summed E-state index contributed by atoms with van der Waals surface area (Å²) in [6.07, 6.45) is 0.609. The van der Waals surface area contributed by atoms with Crippen LogP contribution in [0.5, 0.6) is 11.5 Å². The van der Waals surface area contributed by atoms with Crippen molar-refractivity contribution in [3.8, 4) is 17.6 Å². The van der Waals surface area contributed by atoms with Gasteiger partial charge < -0.3 is 15.4 Å². The number of nitrogens with zero attached hydrogens (tertiary/aromatic N) is 1. The summed E-state index contributed by atoms with van der Waals surface area (Å²) >= 11 is 11.7. The second kappa shape index (κ2) is 13.6. The molecule has 2 atom stereocenters. The van der Waals surface area contributed by atoms with E-state index in [1.807, 2.05) is 75.4 Å². The van der Waals surface area contributed by atoms with Crippen molar-refractivity contribution in [3.05, 3.63) is 123 Å². The molecule has 0 saturated carbocycles. The Labute approximate surface area is 256 Å². The molecular weight excluding hydrogens is 569 g/mol. The predicted octanol–water partition coefficient (Wildman–Crippen LogP) is 8.52. The van der Waals surface area contributed by atoms with Crippen LogP contribution in [0.15, 0.2) is 91.0 Å². The summed E-state index contributed by atoms with van der Waals surface area (Å²) < 4.78 is 6.18. The standard InChI is InChI=1S/C26H20ClN3O3.C6H5Cl.C2H6/c1-15-2-9-22(33-18-6-3-16(14-28)4-7-18)19(12-15)24-26(11-10-23(31)30-24)20-8-5-17(27)13-21(20)29-25(26)32;7-6-4-2-1-3-5-6;1-2/h2-9,12-13,24H,10-11H2,1H3,(H,29,32)(H,30,31);1-5H;1-2H3/t24-,26-;;/m1../s1. The number of ether oxygens (including phenoxy) is 1. The van der Waals surface area contributed by atoms with Gasteiger partial charge in [0.15, 0.2) is 0 Å². The summed E-state index contributed by atoms with van der Waals surface area (Å²) in [7, 11) is 0. The average molecular weight is 601 g/mol. The number of amides is 2. The molecule has 4 aromatic carbocycles. The first-order valence-electron chi connectivity index (χ1n) is 13.7. The number of nitriles is 1. The molecule has 2 amide bonds. The molecular formula is C34H31Cl2N3O3. The molecule has 0 aliphatic carbocycles. The normalized spacial score (nSPS) is 18.2. The first-order valence-corrected chi connectivity index (χ1v) is 14.5. The number of aryl methyl sites for hydroxylation is 1. The molecule has 8 heteroatoms. The summed E-state index contributed by atoms with van der Waals surface area (Å²) in [5, 5.41) is 16.4. The summed E-state index contributed by atoms with van der Waals surface area (Å²) in [6, 6.07) is 28.8. The van der Waals surface area contributed by atoms with Crippen LogP contribution in [-0.2, 0) is 15.0 Å². The minimum atomic E-state index is -0.982. The van der Waals surface area contributed by atoms with Gasteiger partial charge in [-0.1, -0.05) is 79.0 Å². The van der Waals surface area contributed by atoms with Gasteiger partial charge in [0.25, 0.3) is 0 Å². The molecule has 0 unspecified atom stereocenters. The Hall–Kier alpha value is -4.31. The number of fused-ring (bicyclic) bond motifs is 2. The zero-order valence-electron chi connectivity index (χ0n) is 23.6. The lowest BCUT2D eigenvalue weighted by molar-refractivity contribution is -0.130. The van der Waals surface area contributed by atoms with Crippen LogP contribution < -0.4 is 15.4 Å². The lowest BCUT2D eigenvalue weighted by Gasteiger charge is -2.41. The number of hydrogen-bond acceptors (Lipinski definition) is 4. The fraction of sp³-hybridized carbons (Fsp3) is 0.206. The van der Waals surface area contributed by atoms with Gasteiger partial charge in [0.2, 0.25) is 11.8 Å². The Bertz CT molecular complexity index is 1620. The van der Waals surface area contributed by atoms with E-state index in [-0.39, 0.29) is 18.2 Å². The van der Waals surface area contributed by atoms with Crippen LogP contribution in [0.2, 0.25) is 10.0 Å². The van der Waals surface area contributed by atoms with Crippen molar-refractivity contribution in [1.82, 2.24) is 5.32 Å². The summed E-state index contributed by atoms with van der Waals surface area (Å²) in [6.45, 7) is 5.95. The Morgan fingerprint density at radius 2 is 1.62 bits per heavy atom. The lowest BCUT2D eigenvalue weighted by atomic mass is 9.67. The molecule has 0 radical (unpaired) electrons. The van der Waals surface area contributed by atoms with Crippen molar-refractivity contribution in [2.45, 2.75) is 45.1 Å². The van der Waals surface area contributed by atoms with Gasteiger partial charge in [0, 0.05) is 27.7 Å². The number of halogens is 2. The van der Waals surface area contributed by atoms with Crippen molar-refractivity contribution in [2.24, 2.45) is 0 Å². The van der Waals surface area contributed by atoms with Crippen LogP contribution in [-0.4, -0.2) is 11.8 Å². The molecule has 2 aliphatic rings.